The number of carbonyl (C=O) groups excluding carboxylic acids is 1. The van der Waals surface area contributed by atoms with Crippen molar-refractivity contribution in [3.63, 3.8) is 0 Å². The first kappa shape index (κ1) is 21.3. The molecule has 8 heteroatoms. The number of sulfone groups is 1. The molecule has 0 unspecified atom stereocenters. The zero-order chi connectivity index (χ0) is 22.3. The van der Waals surface area contributed by atoms with E-state index in [1.54, 1.807) is 12.1 Å². The number of ketones is 1. The average molecular weight is 456 g/mol. The molecule has 1 atom stereocenters. The zero-order valence-electron chi connectivity index (χ0n) is 17.8. The van der Waals surface area contributed by atoms with Gasteiger partial charge in [0, 0.05) is 43.1 Å². The number of H-pyrrole nitrogens is 1. The Kier molecular flexibility index (Phi) is 5.61. The lowest BCUT2D eigenvalue weighted by molar-refractivity contribution is 0.0798. The summed E-state index contributed by atoms with van der Waals surface area (Å²) in [4.78, 5) is 21.2. The minimum absolute atomic E-state index is 0.0265. The Balaban J connectivity index is 1.33. The normalized spacial score (nSPS) is 21.8. The highest BCUT2D eigenvalue weighted by molar-refractivity contribution is 7.91. The number of halogens is 1. The molecule has 0 bridgehead atoms. The van der Waals surface area contributed by atoms with Crippen LogP contribution in [0.25, 0.3) is 22.2 Å². The number of para-hydroxylation sites is 1. The number of nitrogens with zero attached hydrogens (tertiary/aromatic N) is 2. The van der Waals surface area contributed by atoms with Gasteiger partial charge in [0.15, 0.2) is 15.6 Å². The summed E-state index contributed by atoms with van der Waals surface area (Å²) in [7, 11) is -2.90. The summed E-state index contributed by atoms with van der Waals surface area (Å²) < 4.78 is 37.0. The van der Waals surface area contributed by atoms with Gasteiger partial charge in [0.2, 0.25) is 0 Å². The van der Waals surface area contributed by atoms with Crippen LogP contribution in [0.1, 0.15) is 16.8 Å². The minimum atomic E-state index is -2.90. The van der Waals surface area contributed by atoms with E-state index in [0.29, 0.717) is 24.2 Å². The van der Waals surface area contributed by atoms with Gasteiger partial charge >= 0.3 is 0 Å². The Bertz CT molecular complexity index is 1250. The largest absolute Gasteiger partial charge is 0.354 e. The molecule has 6 nitrogen and oxygen atoms in total. The Morgan fingerprint density at radius 2 is 1.75 bits per heavy atom. The molecular weight excluding hydrogens is 429 g/mol. The number of nitrogens with one attached hydrogen (secondary N) is 1. The molecule has 168 valence electrons. The maximum atomic E-state index is 13.4. The van der Waals surface area contributed by atoms with Crippen molar-refractivity contribution in [2.75, 3.05) is 44.2 Å². The van der Waals surface area contributed by atoms with Crippen LogP contribution in [-0.4, -0.2) is 79.3 Å². The van der Waals surface area contributed by atoms with Gasteiger partial charge in [-0.25, -0.2) is 12.8 Å². The second-order valence-electron chi connectivity index (χ2n) is 8.72. The number of rotatable bonds is 5. The zero-order valence-corrected chi connectivity index (χ0v) is 18.6. The summed E-state index contributed by atoms with van der Waals surface area (Å²) in [6.45, 7) is 3.30. The predicted molar refractivity (Wildman–Crippen MR) is 123 cm³/mol. The van der Waals surface area contributed by atoms with Crippen molar-refractivity contribution in [3.8, 4) is 11.3 Å². The lowest BCUT2D eigenvalue weighted by Crippen LogP contribution is -2.51. The van der Waals surface area contributed by atoms with E-state index in [-0.39, 0.29) is 29.1 Å². The molecule has 2 aliphatic rings. The van der Waals surface area contributed by atoms with E-state index in [4.69, 9.17) is 0 Å². The first-order valence-corrected chi connectivity index (χ1v) is 12.8. The molecule has 3 heterocycles. The van der Waals surface area contributed by atoms with Crippen LogP contribution in [0.15, 0.2) is 48.5 Å². The molecule has 5 rings (SSSR count). The van der Waals surface area contributed by atoms with Gasteiger partial charge in [0.05, 0.1) is 29.3 Å². The van der Waals surface area contributed by atoms with Crippen LogP contribution in [-0.2, 0) is 9.84 Å². The van der Waals surface area contributed by atoms with Gasteiger partial charge in [-0.2, -0.15) is 0 Å². The third kappa shape index (κ3) is 4.22. The smallest absolute Gasteiger partial charge is 0.179 e. The summed E-state index contributed by atoms with van der Waals surface area (Å²) in [5.41, 5.74) is 3.00. The van der Waals surface area contributed by atoms with Crippen LogP contribution in [0.2, 0.25) is 0 Å². The van der Waals surface area contributed by atoms with E-state index < -0.39 is 9.84 Å². The van der Waals surface area contributed by atoms with Gasteiger partial charge in [0.1, 0.15) is 5.82 Å². The summed E-state index contributed by atoms with van der Waals surface area (Å²) in [6.07, 6.45) is 0.706. The summed E-state index contributed by atoms with van der Waals surface area (Å²) in [5.74, 6) is 0.245. The topological polar surface area (TPSA) is 73.5 Å². The highest BCUT2D eigenvalue weighted by Gasteiger charge is 2.34. The van der Waals surface area contributed by atoms with Gasteiger partial charge in [-0.05, 0) is 42.3 Å². The van der Waals surface area contributed by atoms with Crippen LogP contribution in [0, 0.1) is 5.82 Å². The third-order valence-electron chi connectivity index (χ3n) is 6.62. The Labute approximate surface area is 186 Å². The van der Waals surface area contributed by atoms with E-state index in [1.807, 2.05) is 24.3 Å². The molecule has 1 N–H and O–H groups in total. The van der Waals surface area contributed by atoms with E-state index in [0.717, 1.165) is 42.6 Å². The first-order valence-electron chi connectivity index (χ1n) is 11.0. The Morgan fingerprint density at radius 1 is 1.03 bits per heavy atom. The van der Waals surface area contributed by atoms with Gasteiger partial charge in [-0.3, -0.25) is 14.6 Å². The number of fused-ring (bicyclic) bond motifs is 1. The van der Waals surface area contributed by atoms with Crippen LogP contribution < -0.4 is 0 Å². The molecule has 2 saturated heterocycles. The Hall–Kier alpha value is -2.55. The monoisotopic (exact) mass is 455 g/mol. The maximum Gasteiger partial charge on any atom is 0.179 e. The lowest BCUT2D eigenvalue weighted by atomic mass is 10.0. The molecule has 0 saturated carbocycles. The number of Topliss-reactive ketones (excluding diaryl/α,β-unsaturated/α-hetero) is 1. The highest BCUT2D eigenvalue weighted by Crippen LogP contribution is 2.31. The number of carbonyl (C=O) groups is 1. The minimum Gasteiger partial charge on any atom is -0.354 e. The molecule has 2 aliphatic heterocycles. The van der Waals surface area contributed by atoms with Crippen LogP contribution in [0.4, 0.5) is 4.39 Å². The fraction of sp³-hybridized carbons (Fsp3) is 0.375. The van der Waals surface area contributed by atoms with Gasteiger partial charge in [-0.15, -0.1) is 0 Å². The van der Waals surface area contributed by atoms with Crippen LogP contribution in [0.3, 0.4) is 0 Å². The van der Waals surface area contributed by atoms with Crippen molar-refractivity contribution in [1.82, 2.24) is 14.8 Å². The highest BCUT2D eigenvalue weighted by atomic mass is 32.2. The van der Waals surface area contributed by atoms with Crippen molar-refractivity contribution in [2.45, 2.75) is 12.5 Å². The number of aromatic amines is 1. The molecule has 2 aromatic carbocycles. The van der Waals surface area contributed by atoms with E-state index in [1.165, 1.54) is 12.1 Å². The fourth-order valence-corrected chi connectivity index (χ4v) is 6.66. The number of piperazine rings is 1. The van der Waals surface area contributed by atoms with Gasteiger partial charge in [0.25, 0.3) is 0 Å². The van der Waals surface area contributed by atoms with Crippen molar-refractivity contribution >= 4 is 26.5 Å². The molecule has 0 amide bonds. The van der Waals surface area contributed by atoms with Gasteiger partial charge < -0.3 is 4.98 Å². The average Bonchev–Trinajstić information content (AvgIpc) is 3.35. The van der Waals surface area contributed by atoms with Gasteiger partial charge in [-0.1, -0.05) is 18.2 Å². The fourth-order valence-electron chi connectivity index (χ4n) is 4.90. The summed E-state index contributed by atoms with van der Waals surface area (Å²) in [6, 6.07) is 14.0. The van der Waals surface area contributed by atoms with Crippen molar-refractivity contribution in [3.05, 3.63) is 59.9 Å². The summed E-state index contributed by atoms with van der Waals surface area (Å²) in [5, 5.41) is 0.867. The quantitative estimate of drug-likeness (QED) is 0.599. The van der Waals surface area contributed by atoms with Crippen LogP contribution in [0.5, 0.6) is 0 Å². The first-order chi connectivity index (χ1) is 15.4. The molecule has 1 aromatic heterocycles. The molecule has 32 heavy (non-hydrogen) atoms. The van der Waals surface area contributed by atoms with Crippen molar-refractivity contribution in [1.29, 1.82) is 0 Å². The maximum absolute atomic E-state index is 13.4. The molecular formula is C24H26FN3O3S. The van der Waals surface area contributed by atoms with E-state index in [9.17, 15) is 17.6 Å². The second-order valence-corrected chi connectivity index (χ2v) is 10.9. The number of hydrogen-bond donors (Lipinski definition) is 1. The number of hydrogen-bond acceptors (Lipinski definition) is 5. The summed E-state index contributed by atoms with van der Waals surface area (Å²) >= 11 is 0. The molecule has 0 aliphatic carbocycles. The van der Waals surface area contributed by atoms with Crippen LogP contribution >= 0.6 is 0 Å². The molecule has 0 spiro atoms. The van der Waals surface area contributed by atoms with Crippen molar-refractivity contribution in [2.24, 2.45) is 0 Å². The molecule has 2 fully saturated rings. The standard InChI is InChI=1S/C24H26FN3O3S/c25-18-7-5-17(6-8-18)24-23(20-3-1-2-4-21(20)26-24)22(29)15-27-10-12-28(13-11-27)19-9-14-32(30,31)16-19/h1-8,19,26H,9-16H2/t19-/m1/s1. The molecule has 3 aromatic rings. The second kappa shape index (κ2) is 8.42. The number of benzene rings is 2. The lowest BCUT2D eigenvalue weighted by Gasteiger charge is -2.37. The third-order valence-corrected chi connectivity index (χ3v) is 8.37. The SMILES string of the molecule is O=C(CN1CCN([C@@H]2CCS(=O)(=O)C2)CC1)c1c(-c2ccc(F)cc2)[nH]c2ccccc12. The predicted octanol–water partition coefficient (Wildman–Crippen LogP) is 2.96. The number of aromatic nitrogens is 1. The van der Waals surface area contributed by atoms with E-state index in [2.05, 4.69) is 14.8 Å². The van der Waals surface area contributed by atoms with Crippen molar-refractivity contribution < 1.29 is 17.6 Å². The molecule has 0 radical (unpaired) electrons. The Morgan fingerprint density at radius 3 is 2.44 bits per heavy atom. The van der Waals surface area contributed by atoms with E-state index >= 15 is 0 Å².